The lowest BCUT2D eigenvalue weighted by atomic mass is 10.2. The Morgan fingerprint density at radius 1 is 1.19 bits per heavy atom. The molecule has 0 bridgehead atoms. The number of hydrogen-bond acceptors (Lipinski definition) is 4. The van der Waals surface area contributed by atoms with Gasteiger partial charge in [0.2, 0.25) is 20.0 Å². The molecule has 0 spiro atoms. The van der Waals surface area contributed by atoms with Crippen LogP contribution in [0.5, 0.6) is 0 Å². The molecule has 0 unspecified atom stereocenters. The molecule has 0 saturated carbocycles. The van der Waals surface area contributed by atoms with Gasteiger partial charge in [-0.05, 0) is 31.0 Å². The largest absolute Gasteiger partial charge is 0.284 e. The fourth-order valence-corrected chi connectivity index (χ4v) is 4.16. The van der Waals surface area contributed by atoms with E-state index < -0.39 is 20.0 Å². The van der Waals surface area contributed by atoms with Crippen molar-refractivity contribution in [2.24, 2.45) is 0 Å². The van der Waals surface area contributed by atoms with E-state index in [0.717, 1.165) is 4.31 Å². The summed E-state index contributed by atoms with van der Waals surface area (Å²) >= 11 is 5.47. The SMILES string of the molecule is Cc1ccc(NS(=O)(=O)CCCCl)cc1S(=O)(=O)N(C)C. The van der Waals surface area contributed by atoms with Gasteiger partial charge in [0.05, 0.1) is 10.6 Å². The van der Waals surface area contributed by atoms with E-state index in [-0.39, 0.29) is 22.2 Å². The van der Waals surface area contributed by atoms with Gasteiger partial charge in [-0.15, -0.1) is 11.6 Å². The van der Waals surface area contributed by atoms with E-state index in [4.69, 9.17) is 11.6 Å². The van der Waals surface area contributed by atoms with Crippen molar-refractivity contribution in [2.45, 2.75) is 18.2 Å². The first-order valence-corrected chi connectivity index (χ1v) is 9.82. The molecule has 0 aromatic heterocycles. The van der Waals surface area contributed by atoms with E-state index >= 15 is 0 Å². The molecular formula is C12H19ClN2O4S2. The van der Waals surface area contributed by atoms with E-state index in [9.17, 15) is 16.8 Å². The standard InChI is InChI=1S/C12H19ClN2O4S2/c1-10-5-6-11(14-20(16,17)8-4-7-13)9-12(10)21(18,19)15(2)3/h5-6,9,14H,4,7-8H2,1-3H3. The molecule has 6 nitrogen and oxygen atoms in total. The van der Waals surface area contributed by atoms with Crippen LogP contribution in [0.4, 0.5) is 5.69 Å². The van der Waals surface area contributed by atoms with Gasteiger partial charge in [-0.25, -0.2) is 21.1 Å². The summed E-state index contributed by atoms with van der Waals surface area (Å²) in [4.78, 5) is 0.0741. The molecular weight excluding hydrogens is 336 g/mol. The van der Waals surface area contributed by atoms with Crippen molar-refractivity contribution in [1.82, 2.24) is 4.31 Å². The lowest BCUT2D eigenvalue weighted by molar-refractivity contribution is 0.520. The van der Waals surface area contributed by atoms with E-state index in [1.165, 1.54) is 26.2 Å². The van der Waals surface area contributed by atoms with Crippen LogP contribution in [0.15, 0.2) is 23.1 Å². The van der Waals surface area contributed by atoms with Crippen molar-refractivity contribution in [3.05, 3.63) is 23.8 Å². The number of sulfonamides is 2. The highest BCUT2D eigenvalue weighted by Crippen LogP contribution is 2.23. The minimum Gasteiger partial charge on any atom is -0.284 e. The Kier molecular flexibility index (Phi) is 6.03. The van der Waals surface area contributed by atoms with Crippen LogP contribution in [0, 0.1) is 6.92 Å². The Labute approximate surface area is 131 Å². The van der Waals surface area contributed by atoms with Gasteiger partial charge in [-0.3, -0.25) is 4.72 Å². The number of alkyl halides is 1. The molecule has 1 aromatic rings. The van der Waals surface area contributed by atoms with Gasteiger partial charge in [0, 0.05) is 25.7 Å². The highest BCUT2D eigenvalue weighted by atomic mass is 35.5. The van der Waals surface area contributed by atoms with E-state index in [1.807, 2.05) is 0 Å². The van der Waals surface area contributed by atoms with Crippen molar-refractivity contribution in [3.63, 3.8) is 0 Å². The molecule has 0 amide bonds. The van der Waals surface area contributed by atoms with Crippen LogP contribution in [0.1, 0.15) is 12.0 Å². The summed E-state index contributed by atoms with van der Waals surface area (Å²) < 4.78 is 51.4. The first-order chi connectivity index (χ1) is 9.60. The second kappa shape index (κ2) is 6.95. The molecule has 1 aromatic carbocycles. The Morgan fingerprint density at radius 3 is 2.33 bits per heavy atom. The second-order valence-corrected chi connectivity index (χ2v) is 9.07. The number of nitrogens with zero attached hydrogens (tertiary/aromatic N) is 1. The number of hydrogen-bond donors (Lipinski definition) is 1. The molecule has 0 aliphatic heterocycles. The zero-order valence-corrected chi connectivity index (χ0v) is 14.5. The molecule has 0 radical (unpaired) electrons. The van der Waals surface area contributed by atoms with Crippen LogP contribution in [0.25, 0.3) is 0 Å². The number of halogens is 1. The van der Waals surface area contributed by atoms with Gasteiger partial charge in [0.1, 0.15) is 0 Å². The van der Waals surface area contributed by atoms with Gasteiger partial charge >= 0.3 is 0 Å². The van der Waals surface area contributed by atoms with Crippen LogP contribution in [0.3, 0.4) is 0 Å². The lowest BCUT2D eigenvalue weighted by Gasteiger charge is -2.15. The molecule has 1 rings (SSSR count). The third kappa shape index (κ3) is 4.84. The topological polar surface area (TPSA) is 83.5 Å². The predicted octanol–water partition coefficient (Wildman–Crippen LogP) is 1.62. The lowest BCUT2D eigenvalue weighted by Crippen LogP contribution is -2.23. The zero-order chi connectivity index (χ0) is 16.3. The second-order valence-electron chi connectivity index (χ2n) is 4.73. The minimum atomic E-state index is -3.63. The quantitative estimate of drug-likeness (QED) is 0.754. The average molecular weight is 355 g/mol. The third-order valence-electron chi connectivity index (χ3n) is 2.77. The maximum Gasteiger partial charge on any atom is 0.242 e. The van der Waals surface area contributed by atoms with Crippen LogP contribution in [-0.4, -0.2) is 46.9 Å². The molecule has 0 aliphatic rings. The Bertz CT molecular complexity index is 700. The summed E-state index contributed by atoms with van der Waals surface area (Å²) in [5.41, 5.74) is 0.767. The maximum atomic E-state index is 12.2. The summed E-state index contributed by atoms with van der Waals surface area (Å²) in [6, 6.07) is 4.42. The van der Waals surface area contributed by atoms with Gasteiger partial charge in [0.15, 0.2) is 0 Å². The van der Waals surface area contributed by atoms with Crippen LogP contribution >= 0.6 is 11.6 Å². The fourth-order valence-electron chi connectivity index (χ4n) is 1.61. The van der Waals surface area contributed by atoms with Crippen molar-refractivity contribution < 1.29 is 16.8 Å². The molecule has 1 N–H and O–H groups in total. The molecule has 21 heavy (non-hydrogen) atoms. The van der Waals surface area contributed by atoms with Gasteiger partial charge in [-0.2, -0.15) is 0 Å². The number of nitrogens with one attached hydrogen (secondary N) is 1. The van der Waals surface area contributed by atoms with Gasteiger partial charge in [-0.1, -0.05) is 6.07 Å². The van der Waals surface area contributed by atoms with E-state index in [0.29, 0.717) is 12.0 Å². The highest BCUT2D eigenvalue weighted by Gasteiger charge is 2.21. The first-order valence-electron chi connectivity index (χ1n) is 6.20. The van der Waals surface area contributed by atoms with Crippen molar-refractivity contribution in [2.75, 3.05) is 30.5 Å². The Hall–Kier alpha value is -0.830. The molecule has 0 aliphatic carbocycles. The normalized spacial score (nSPS) is 12.6. The first kappa shape index (κ1) is 18.2. The summed E-state index contributed by atoms with van der Waals surface area (Å²) in [7, 11) is -4.31. The smallest absolute Gasteiger partial charge is 0.242 e. The Morgan fingerprint density at radius 2 is 1.81 bits per heavy atom. The summed E-state index contributed by atoms with van der Waals surface area (Å²) in [5, 5.41) is 0. The van der Waals surface area contributed by atoms with Crippen LogP contribution < -0.4 is 4.72 Å². The highest BCUT2D eigenvalue weighted by molar-refractivity contribution is 7.92. The monoisotopic (exact) mass is 354 g/mol. The molecule has 0 saturated heterocycles. The fraction of sp³-hybridized carbons (Fsp3) is 0.500. The zero-order valence-electron chi connectivity index (χ0n) is 12.1. The molecule has 120 valence electrons. The number of rotatable bonds is 7. The van der Waals surface area contributed by atoms with Crippen LogP contribution in [0.2, 0.25) is 0 Å². The van der Waals surface area contributed by atoms with Crippen LogP contribution in [-0.2, 0) is 20.0 Å². The minimum absolute atomic E-state index is 0.0741. The van der Waals surface area contributed by atoms with Crippen molar-refractivity contribution in [3.8, 4) is 0 Å². The van der Waals surface area contributed by atoms with Crippen molar-refractivity contribution in [1.29, 1.82) is 0 Å². The molecule has 9 heteroatoms. The van der Waals surface area contributed by atoms with Gasteiger partial charge < -0.3 is 0 Å². The van der Waals surface area contributed by atoms with E-state index in [1.54, 1.807) is 13.0 Å². The van der Waals surface area contributed by atoms with Gasteiger partial charge in [0.25, 0.3) is 0 Å². The number of aryl methyl sites for hydroxylation is 1. The number of anilines is 1. The number of benzene rings is 1. The van der Waals surface area contributed by atoms with Crippen molar-refractivity contribution >= 4 is 37.3 Å². The molecule has 0 fully saturated rings. The molecule has 0 atom stereocenters. The Balaban J connectivity index is 3.14. The predicted molar refractivity (Wildman–Crippen MR) is 84.8 cm³/mol. The summed E-state index contributed by atoms with van der Waals surface area (Å²) in [6.45, 7) is 1.65. The third-order valence-corrected chi connectivity index (χ3v) is 6.36. The average Bonchev–Trinajstić information content (AvgIpc) is 2.38. The molecule has 0 heterocycles. The summed E-state index contributed by atoms with van der Waals surface area (Å²) in [6.07, 6.45) is 0.325. The maximum absolute atomic E-state index is 12.2. The summed E-state index contributed by atoms with van der Waals surface area (Å²) in [5.74, 6) is 0.134. The van der Waals surface area contributed by atoms with E-state index in [2.05, 4.69) is 4.72 Å².